The van der Waals surface area contributed by atoms with Crippen molar-refractivity contribution < 1.29 is 27.5 Å². The van der Waals surface area contributed by atoms with Gasteiger partial charge in [-0.25, -0.2) is 0 Å². The first-order valence-corrected chi connectivity index (χ1v) is 11.9. The minimum absolute atomic E-state index is 0.114. The standard InChI is InChI=1S/C21H28Cl2F3N5O3.C2H2/c1-4-27-20(33)14-10-15(23)17(34-3)11-16(14)29-6-8-30(9-7-29)19(32)13-31(5-2)28-18(12-22)21(24,25)26;1-2/h10-11H,4-9,12-13H2,1-3H3,(H,27,33);1-2H/b28-18+;. The summed E-state index contributed by atoms with van der Waals surface area (Å²) in [5.74, 6) is -1.01. The van der Waals surface area contributed by atoms with E-state index in [1.54, 1.807) is 24.0 Å². The van der Waals surface area contributed by atoms with Gasteiger partial charge in [0.25, 0.3) is 5.91 Å². The summed E-state index contributed by atoms with van der Waals surface area (Å²) in [5.41, 5.74) is -0.140. The summed E-state index contributed by atoms with van der Waals surface area (Å²) in [5, 5.41) is 7.63. The second kappa shape index (κ2) is 14.7. The Balaban J connectivity index is 0.00000316. The number of ether oxygens (including phenoxy) is 1. The molecule has 0 saturated carbocycles. The van der Waals surface area contributed by atoms with Crippen LogP contribution < -0.4 is 15.0 Å². The maximum Gasteiger partial charge on any atom is 0.432 e. The highest BCUT2D eigenvalue weighted by molar-refractivity contribution is 6.32. The molecule has 0 atom stereocenters. The van der Waals surface area contributed by atoms with Crippen molar-refractivity contribution in [2.45, 2.75) is 20.0 Å². The van der Waals surface area contributed by atoms with E-state index >= 15 is 0 Å². The van der Waals surface area contributed by atoms with Gasteiger partial charge >= 0.3 is 6.18 Å². The Morgan fingerprint density at radius 3 is 2.28 bits per heavy atom. The lowest BCUT2D eigenvalue weighted by molar-refractivity contribution is -0.132. The number of nitrogens with one attached hydrogen (secondary N) is 1. The fourth-order valence-electron chi connectivity index (χ4n) is 3.40. The minimum Gasteiger partial charge on any atom is -0.495 e. The molecule has 0 bridgehead atoms. The Labute approximate surface area is 219 Å². The Hall–Kier alpha value is -2.84. The molecule has 1 aliphatic rings. The fraction of sp³-hybridized carbons (Fsp3) is 0.522. The second-order valence-electron chi connectivity index (χ2n) is 7.39. The molecule has 2 rings (SSSR count). The lowest BCUT2D eigenvalue weighted by atomic mass is 10.1. The topological polar surface area (TPSA) is 77.5 Å². The maximum absolute atomic E-state index is 12.9. The summed E-state index contributed by atoms with van der Waals surface area (Å²) < 4.78 is 44.1. The zero-order chi connectivity index (χ0) is 27.5. The molecule has 0 radical (unpaired) electrons. The van der Waals surface area contributed by atoms with E-state index < -0.39 is 17.8 Å². The molecule has 0 unspecified atom stereocenters. The maximum atomic E-state index is 12.9. The highest BCUT2D eigenvalue weighted by Crippen LogP contribution is 2.34. The number of carbonyl (C=O) groups is 2. The van der Waals surface area contributed by atoms with Crippen LogP contribution in [0.1, 0.15) is 24.2 Å². The van der Waals surface area contributed by atoms with Crippen LogP contribution in [0.3, 0.4) is 0 Å². The number of halogens is 5. The SMILES string of the molecule is C#C.CCNC(=O)c1cc(Cl)c(OC)cc1N1CCN(C(=O)CN(CC)/N=C(\CCl)C(F)(F)F)CC1. The fourth-order valence-corrected chi connectivity index (χ4v) is 3.84. The van der Waals surface area contributed by atoms with Crippen LogP contribution >= 0.6 is 23.2 Å². The molecule has 1 heterocycles. The van der Waals surface area contributed by atoms with Gasteiger partial charge in [0, 0.05) is 45.3 Å². The van der Waals surface area contributed by atoms with Crippen LogP contribution in [0, 0.1) is 12.8 Å². The van der Waals surface area contributed by atoms with E-state index in [9.17, 15) is 22.8 Å². The Kier molecular flexibility index (Phi) is 12.7. The molecule has 8 nitrogen and oxygen atoms in total. The molecule has 0 aliphatic carbocycles. The van der Waals surface area contributed by atoms with E-state index in [2.05, 4.69) is 23.3 Å². The molecule has 13 heteroatoms. The van der Waals surface area contributed by atoms with Crippen LogP contribution in [0.2, 0.25) is 5.02 Å². The number of hydrogen-bond acceptors (Lipinski definition) is 6. The third-order valence-corrected chi connectivity index (χ3v) is 5.77. The molecular weight excluding hydrogens is 522 g/mol. The number of benzene rings is 1. The number of rotatable bonds is 9. The number of amides is 2. The predicted octanol–water partition coefficient (Wildman–Crippen LogP) is 3.48. The van der Waals surface area contributed by atoms with E-state index in [0.29, 0.717) is 54.7 Å². The van der Waals surface area contributed by atoms with Crippen LogP contribution in [0.25, 0.3) is 0 Å². The number of anilines is 1. The van der Waals surface area contributed by atoms with Crippen LogP contribution in [0.15, 0.2) is 17.2 Å². The molecule has 0 aromatic heterocycles. The zero-order valence-electron chi connectivity index (χ0n) is 20.4. The third kappa shape index (κ3) is 8.38. The second-order valence-corrected chi connectivity index (χ2v) is 8.06. The first kappa shape index (κ1) is 31.2. The van der Waals surface area contributed by atoms with Crippen molar-refractivity contribution >= 4 is 46.4 Å². The summed E-state index contributed by atoms with van der Waals surface area (Å²) in [6, 6.07) is 3.23. The molecule has 2 amide bonds. The van der Waals surface area contributed by atoms with Crippen LogP contribution in [0.4, 0.5) is 18.9 Å². The molecule has 200 valence electrons. The van der Waals surface area contributed by atoms with Crippen molar-refractivity contribution in [1.82, 2.24) is 15.2 Å². The van der Waals surface area contributed by atoms with Crippen molar-refractivity contribution in [3.63, 3.8) is 0 Å². The number of carbonyl (C=O) groups excluding carboxylic acids is 2. The minimum atomic E-state index is -4.66. The van der Waals surface area contributed by atoms with Crippen LogP contribution in [-0.4, -0.2) is 92.4 Å². The summed E-state index contributed by atoms with van der Waals surface area (Å²) in [4.78, 5) is 28.8. The van der Waals surface area contributed by atoms with Crippen LogP contribution in [-0.2, 0) is 4.79 Å². The normalized spacial score (nSPS) is 14.0. The van der Waals surface area contributed by atoms with Gasteiger partial charge < -0.3 is 19.9 Å². The van der Waals surface area contributed by atoms with E-state index in [4.69, 9.17) is 27.9 Å². The third-order valence-electron chi connectivity index (χ3n) is 5.22. The lowest BCUT2D eigenvalue weighted by Gasteiger charge is -2.37. The average Bonchev–Trinajstić information content (AvgIpc) is 2.86. The highest BCUT2D eigenvalue weighted by Gasteiger charge is 2.36. The summed E-state index contributed by atoms with van der Waals surface area (Å²) >= 11 is 11.6. The van der Waals surface area contributed by atoms with Crippen molar-refractivity contribution in [2.75, 3.05) is 63.7 Å². The Bertz CT molecular complexity index is 949. The smallest absolute Gasteiger partial charge is 0.432 e. The molecule has 36 heavy (non-hydrogen) atoms. The van der Waals surface area contributed by atoms with Gasteiger partial charge in [-0.1, -0.05) is 11.6 Å². The van der Waals surface area contributed by atoms with E-state index in [-0.39, 0.29) is 24.9 Å². The van der Waals surface area contributed by atoms with Crippen LogP contribution in [0.5, 0.6) is 5.75 Å². The van der Waals surface area contributed by atoms with Gasteiger partial charge in [-0.3, -0.25) is 14.6 Å². The summed E-state index contributed by atoms with van der Waals surface area (Å²) in [7, 11) is 1.48. The van der Waals surface area contributed by atoms with Gasteiger partial charge in [0.05, 0.1) is 29.3 Å². The largest absolute Gasteiger partial charge is 0.495 e. The first-order chi connectivity index (χ1) is 17.0. The average molecular weight is 552 g/mol. The molecule has 1 aromatic rings. The number of nitrogens with zero attached hydrogens (tertiary/aromatic N) is 4. The van der Waals surface area contributed by atoms with E-state index in [1.165, 1.54) is 7.11 Å². The van der Waals surface area contributed by atoms with Crippen molar-refractivity contribution in [2.24, 2.45) is 5.10 Å². The molecule has 0 spiro atoms. The van der Waals surface area contributed by atoms with Gasteiger partial charge in [-0.05, 0) is 19.9 Å². The summed E-state index contributed by atoms with van der Waals surface area (Å²) in [6.07, 6.45) is 3.34. The number of alkyl halides is 4. The Morgan fingerprint density at radius 2 is 1.81 bits per heavy atom. The number of methoxy groups -OCH3 is 1. The van der Waals surface area contributed by atoms with Gasteiger partial charge in [0.1, 0.15) is 12.3 Å². The Morgan fingerprint density at radius 1 is 1.19 bits per heavy atom. The first-order valence-electron chi connectivity index (χ1n) is 11.0. The number of hydrogen-bond donors (Lipinski definition) is 1. The molecule has 1 N–H and O–H groups in total. The number of terminal acetylenes is 1. The predicted molar refractivity (Wildman–Crippen MR) is 136 cm³/mol. The zero-order valence-corrected chi connectivity index (χ0v) is 21.9. The van der Waals surface area contributed by atoms with Gasteiger partial charge in [0.2, 0.25) is 5.91 Å². The summed E-state index contributed by atoms with van der Waals surface area (Å²) in [6.45, 7) is 5.13. The molecular formula is C23H30Cl2F3N5O3. The highest BCUT2D eigenvalue weighted by atomic mass is 35.5. The molecule has 1 aliphatic heterocycles. The number of hydrazone groups is 1. The molecule has 1 saturated heterocycles. The monoisotopic (exact) mass is 551 g/mol. The van der Waals surface area contributed by atoms with Gasteiger partial charge in [0.15, 0.2) is 5.71 Å². The number of piperazine rings is 1. The van der Waals surface area contributed by atoms with Crippen molar-refractivity contribution in [3.05, 3.63) is 22.7 Å². The molecule has 1 fully saturated rings. The lowest BCUT2D eigenvalue weighted by Crippen LogP contribution is -2.51. The van der Waals surface area contributed by atoms with Crippen molar-refractivity contribution in [3.8, 4) is 18.6 Å². The van der Waals surface area contributed by atoms with Crippen molar-refractivity contribution in [1.29, 1.82) is 0 Å². The van der Waals surface area contributed by atoms with E-state index in [1.807, 2.05) is 11.8 Å². The molecule has 1 aromatic carbocycles. The quantitative estimate of drug-likeness (QED) is 0.220. The van der Waals surface area contributed by atoms with Gasteiger partial charge in [-0.2, -0.15) is 18.3 Å². The number of likely N-dealkylation sites (N-methyl/N-ethyl adjacent to an activating group) is 1. The van der Waals surface area contributed by atoms with Gasteiger partial charge in [-0.15, -0.1) is 24.4 Å². The van der Waals surface area contributed by atoms with E-state index in [0.717, 1.165) is 5.01 Å².